The number of rotatable bonds is 12. The molecule has 44 heavy (non-hydrogen) atoms. The van der Waals surface area contributed by atoms with Crippen molar-refractivity contribution in [2.24, 2.45) is 11.8 Å². The summed E-state index contributed by atoms with van der Waals surface area (Å²) in [6.07, 6.45) is 3.15. The standard InChI is InChI=1S/C31H41N5O7S/c1-30(2,3)43-29(41)34-22-10-7-15-36(27(22)39)23(16-19-11-12-19)26(38)35-24(17-21-13-14-32-25(21)37)31(42,44)28(40)33-18-20-8-5-4-6-9-20/h4-10,15,19,21,23-24,42,44H,11-14,16-18H2,1-3H3,(H,32,37)(H,33,40)(H,34,41)(H,35,38)/t21-,23+,24-,31+/m0/s1. The third-order valence-electron chi connectivity index (χ3n) is 7.62. The maximum absolute atomic E-state index is 13.9. The summed E-state index contributed by atoms with van der Waals surface area (Å²) >= 11 is 4.31. The minimum atomic E-state index is -2.39. The van der Waals surface area contributed by atoms with E-state index in [1.165, 1.54) is 22.9 Å². The van der Waals surface area contributed by atoms with Gasteiger partial charge in [0.1, 0.15) is 17.3 Å². The van der Waals surface area contributed by atoms with Crippen LogP contribution >= 0.6 is 12.6 Å². The predicted octanol–water partition coefficient (Wildman–Crippen LogP) is 2.48. The molecule has 12 nitrogen and oxygen atoms in total. The zero-order valence-electron chi connectivity index (χ0n) is 25.2. The highest BCUT2D eigenvalue weighted by molar-refractivity contribution is 7.82. The Morgan fingerprint density at radius 1 is 1.07 bits per heavy atom. The van der Waals surface area contributed by atoms with E-state index in [1.807, 2.05) is 30.3 Å². The second-order valence-electron chi connectivity index (χ2n) is 12.4. The van der Waals surface area contributed by atoms with Crippen molar-refractivity contribution < 1.29 is 29.0 Å². The van der Waals surface area contributed by atoms with Gasteiger partial charge in [-0.05, 0) is 63.6 Å². The fourth-order valence-corrected chi connectivity index (χ4v) is 5.34. The lowest BCUT2D eigenvalue weighted by Gasteiger charge is -2.34. The Hall–Kier alpha value is -3.84. The number of nitrogens with zero attached hydrogens (tertiary/aromatic N) is 1. The van der Waals surface area contributed by atoms with E-state index in [2.05, 4.69) is 33.9 Å². The van der Waals surface area contributed by atoms with Crippen molar-refractivity contribution in [3.05, 3.63) is 64.6 Å². The monoisotopic (exact) mass is 627 g/mol. The van der Waals surface area contributed by atoms with Gasteiger partial charge in [-0.25, -0.2) is 4.79 Å². The first-order valence-corrected chi connectivity index (χ1v) is 15.3. The van der Waals surface area contributed by atoms with Crippen LogP contribution in [0.15, 0.2) is 53.5 Å². The number of pyridine rings is 1. The van der Waals surface area contributed by atoms with Crippen molar-refractivity contribution in [1.82, 2.24) is 20.5 Å². The number of aromatic nitrogens is 1. The van der Waals surface area contributed by atoms with E-state index in [9.17, 15) is 29.1 Å². The first kappa shape index (κ1) is 33.1. The van der Waals surface area contributed by atoms with Crippen LogP contribution in [0.25, 0.3) is 0 Å². The lowest BCUT2D eigenvalue weighted by molar-refractivity contribution is -0.137. The van der Waals surface area contributed by atoms with E-state index in [1.54, 1.807) is 20.8 Å². The second kappa shape index (κ2) is 13.9. The molecule has 1 aliphatic heterocycles. The molecule has 0 unspecified atom stereocenters. The summed E-state index contributed by atoms with van der Waals surface area (Å²) in [4.78, 5) is 63.1. The quantitative estimate of drug-likeness (QED) is 0.155. The molecule has 13 heteroatoms. The maximum Gasteiger partial charge on any atom is 0.412 e. The van der Waals surface area contributed by atoms with Gasteiger partial charge < -0.3 is 30.4 Å². The van der Waals surface area contributed by atoms with Crippen LogP contribution < -0.4 is 26.8 Å². The Balaban J connectivity index is 1.58. The van der Waals surface area contributed by atoms with Crippen molar-refractivity contribution in [2.75, 3.05) is 11.9 Å². The lowest BCUT2D eigenvalue weighted by atomic mass is 9.93. The highest BCUT2D eigenvalue weighted by Crippen LogP contribution is 2.37. The summed E-state index contributed by atoms with van der Waals surface area (Å²) in [5.74, 6) is -2.08. The Bertz CT molecular complexity index is 1420. The van der Waals surface area contributed by atoms with Gasteiger partial charge in [-0.2, -0.15) is 0 Å². The molecule has 0 spiro atoms. The van der Waals surface area contributed by atoms with E-state index in [0.717, 1.165) is 18.4 Å². The number of hydrogen-bond donors (Lipinski definition) is 6. The van der Waals surface area contributed by atoms with E-state index < -0.39 is 52.0 Å². The number of benzene rings is 1. The smallest absolute Gasteiger partial charge is 0.412 e. The van der Waals surface area contributed by atoms with Crippen molar-refractivity contribution in [3.8, 4) is 0 Å². The first-order valence-electron chi connectivity index (χ1n) is 14.8. The molecule has 2 aromatic rings. The van der Waals surface area contributed by atoms with Gasteiger partial charge in [-0.3, -0.25) is 24.5 Å². The zero-order valence-corrected chi connectivity index (χ0v) is 26.1. The van der Waals surface area contributed by atoms with Crippen LogP contribution in [0.5, 0.6) is 0 Å². The molecule has 1 saturated carbocycles. The molecule has 4 atom stereocenters. The number of nitrogens with one attached hydrogen (secondary N) is 4. The molecule has 5 N–H and O–H groups in total. The average molecular weight is 628 g/mol. The molecule has 0 bridgehead atoms. The van der Waals surface area contributed by atoms with Crippen molar-refractivity contribution >= 4 is 42.1 Å². The topological polar surface area (TPSA) is 168 Å². The minimum absolute atomic E-state index is 0.0540. The Labute approximate surface area is 261 Å². The van der Waals surface area contributed by atoms with Gasteiger partial charge in [-0.15, -0.1) is 12.6 Å². The third kappa shape index (κ3) is 8.85. The Kier molecular flexibility index (Phi) is 10.4. The molecule has 2 aliphatic rings. The van der Waals surface area contributed by atoms with Gasteiger partial charge in [0.2, 0.25) is 16.7 Å². The number of ether oxygens (including phenoxy) is 1. The molecule has 2 heterocycles. The molecular weight excluding hydrogens is 586 g/mol. The van der Waals surface area contributed by atoms with Gasteiger partial charge >= 0.3 is 6.09 Å². The van der Waals surface area contributed by atoms with Gasteiger partial charge in [0.15, 0.2) is 0 Å². The van der Waals surface area contributed by atoms with Crippen molar-refractivity contribution in [2.45, 2.75) is 82.0 Å². The molecule has 238 valence electrons. The van der Waals surface area contributed by atoms with Gasteiger partial charge in [0.25, 0.3) is 11.5 Å². The number of carbonyl (C=O) groups excluding carboxylic acids is 4. The molecule has 1 saturated heterocycles. The SMILES string of the molecule is CC(C)(C)OC(=O)Nc1cccn([C@H](CC2CC2)C(=O)N[C@@H](C[C@@H]2CCNC2=O)[C@@](O)(S)C(=O)NCc2ccccc2)c1=O. The van der Waals surface area contributed by atoms with E-state index in [4.69, 9.17) is 4.74 Å². The summed E-state index contributed by atoms with van der Waals surface area (Å²) < 4.78 is 6.50. The summed E-state index contributed by atoms with van der Waals surface area (Å²) in [5.41, 5.74) is -0.674. The molecule has 1 aromatic heterocycles. The van der Waals surface area contributed by atoms with Crippen LogP contribution in [0.3, 0.4) is 0 Å². The van der Waals surface area contributed by atoms with Crippen LogP contribution in [0.4, 0.5) is 10.5 Å². The molecule has 2 fully saturated rings. The molecular formula is C31H41N5O7S. The van der Waals surface area contributed by atoms with Crippen molar-refractivity contribution in [3.63, 3.8) is 0 Å². The number of aliphatic hydroxyl groups is 1. The van der Waals surface area contributed by atoms with Gasteiger partial charge in [0.05, 0.1) is 6.04 Å². The van der Waals surface area contributed by atoms with Gasteiger partial charge in [0, 0.05) is 25.2 Å². The second-order valence-corrected chi connectivity index (χ2v) is 13.1. The molecule has 1 aromatic carbocycles. The summed E-state index contributed by atoms with van der Waals surface area (Å²) in [7, 11) is 0. The molecule has 4 amide bonds. The number of carbonyl (C=O) groups is 4. The Morgan fingerprint density at radius 2 is 1.77 bits per heavy atom. The highest BCUT2D eigenvalue weighted by atomic mass is 32.1. The number of amides is 4. The average Bonchev–Trinajstić information content (AvgIpc) is 3.69. The number of anilines is 1. The van der Waals surface area contributed by atoms with Gasteiger partial charge in [-0.1, -0.05) is 43.2 Å². The molecule has 0 radical (unpaired) electrons. The van der Waals surface area contributed by atoms with E-state index >= 15 is 0 Å². The first-order chi connectivity index (χ1) is 20.7. The van der Waals surface area contributed by atoms with E-state index in [-0.39, 0.29) is 30.5 Å². The lowest BCUT2D eigenvalue weighted by Crippen LogP contribution is -2.59. The minimum Gasteiger partial charge on any atom is -0.444 e. The predicted molar refractivity (Wildman–Crippen MR) is 167 cm³/mol. The third-order valence-corrected chi connectivity index (χ3v) is 8.13. The summed E-state index contributed by atoms with van der Waals surface area (Å²) in [5, 5.41) is 22.0. The largest absolute Gasteiger partial charge is 0.444 e. The maximum atomic E-state index is 13.9. The normalized spacial score (nSPS) is 19.2. The van der Waals surface area contributed by atoms with Crippen LogP contribution in [0, 0.1) is 11.8 Å². The summed E-state index contributed by atoms with van der Waals surface area (Å²) in [6, 6.07) is 9.75. The zero-order chi connectivity index (χ0) is 32.1. The Morgan fingerprint density at radius 3 is 2.39 bits per heavy atom. The number of thiol groups is 1. The molecule has 1 aliphatic carbocycles. The van der Waals surface area contributed by atoms with Crippen LogP contribution in [-0.2, 0) is 25.7 Å². The number of hydrogen-bond acceptors (Lipinski definition) is 8. The van der Waals surface area contributed by atoms with Crippen LogP contribution in [0.2, 0.25) is 0 Å². The van der Waals surface area contributed by atoms with Crippen LogP contribution in [-0.4, -0.2) is 56.6 Å². The summed E-state index contributed by atoms with van der Waals surface area (Å²) in [6.45, 7) is 5.64. The fraction of sp³-hybridized carbons (Fsp3) is 0.516. The fourth-order valence-electron chi connectivity index (χ4n) is 5.09. The van der Waals surface area contributed by atoms with E-state index in [0.29, 0.717) is 19.4 Å². The molecule has 4 rings (SSSR count). The van der Waals surface area contributed by atoms with Crippen molar-refractivity contribution in [1.29, 1.82) is 0 Å². The van der Waals surface area contributed by atoms with Crippen LogP contribution in [0.1, 0.15) is 64.5 Å². The highest BCUT2D eigenvalue weighted by Gasteiger charge is 2.45.